The fourth-order valence-electron chi connectivity index (χ4n) is 4.12. The summed E-state index contributed by atoms with van der Waals surface area (Å²) in [7, 11) is 3.52. The van der Waals surface area contributed by atoms with E-state index in [2.05, 4.69) is 18.0 Å². The Hall–Kier alpha value is -1.54. The Morgan fingerprint density at radius 1 is 1.39 bits per heavy atom. The van der Waals surface area contributed by atoms with Crippen LogP contribution in [0, 0.1) is 5.92 Å². The number of hydrogen-bond acceptors (Lipinski definition) is 7. The third kappa shape index (κ3) is 3.56. The average Bonchev–Trinajstić information content (AvgIpc) is 3.15. The lowest BCUT2D eigenvalue weighted by atomic mass is 9.74. The van der Waals surface area contributed by atoms with Gasteiger partial charge >= 0.3 is 5.97 Å². The van der Waals surface area contributed by atoms with Crippen LogP contribution in [-0.4, -0.2) is 49.0 Å². The summed E-state index contributed by atoms with van der Waals surface area (Å²) in [5, 5.41) is 14.3. The van der Waals surface area contributed by atoms with E-state index in [-0.39, 0.29) is 17.6 Å². The van der Waals surface area contributed by atoms with Gasteiger partial charge in [-0.05, 0) is 68.5 Å². The minimum atomic E-state index is -1.07. The largest absolute Gasteiger partial charge is 0.488 e. The van der Waals surface area contributed by atoms with E-state index in [9.17, 15) is 9.90 Å². The van der Waals surface area contributed by atoms with Gasteiger partial charge in [0.15, 0.2) is 0 Å². The molecule has 1 aromatic carbocycles. The number of piperidine rings is 1. The van der Waals surface area contributed by atoms with Crippen LogP contribution in [0.15, 0.2) is 34.5 Å². The second-order valence-corrected chi connectivity index (χ2v) is 9.40. The molecule has 0 saturated carbocycles. The summed E-state index contributed by atoms with van der Waals surface area (Å²) >= 11 is 3.02. The zero-order valence-corrected chi connectivity index (χ0v) is 17.8. The monoisotopic (exact) mass is 419 g/mol. The van der Waals surface area contributed by atoms with Crippen LogP contribution in [0.4, 0.5) is 0 Å². The molecule has 150 valence electrons. The maximum atomic E-state index is 12.2. The Labute approximate surface area is 173 Å². The predicted octanol–water partition coefficient (Wildman–Crippen LogP) is 3.48. The van der Waals surface area contributed by atoms with Gasteiger partial charge in [0.1, 0.15) is 18.0 Å². The number of hydrogen-bond donors (Lipinski definition) is 1. The quantitative estimate of drug-likeness (QED) is 0.605. The van der Waals surface area contributed by atoms with Gasteiger partial charge in [-0.3, -0.25) is 4.79 Å². The van der Waals surface area contributed by atoms with Crippen LogP contribution in [-0.2, 0) is 21.7 Å². The van der Waals surface area contributed by atoms with Gasteiger partial charge in [0.05, 0.1) is 12.9 Å². The van der Waals surface area contributed by atoms with E-state index < -0.39 is 5.60 Å². The van der Waals surface area contributed by atoms with Crippen LogP contribution >= 0.6 is 23.1 Å². The third-order valence-corrected chi connectivity index (χ3v) is 7.78. The second kappa shape index (κ2) is 8.06. The molecule has 3 heterocycles. The number of ether oxygens (including phenoxy) is 2. The lowest BCUT2D eigenvalue weighted by molar-refractivity contribution is -0.137. The Morgan fingerprint density at radius 2 is 2.18 bits per heavy atom. The summed E-state index contributed by atoms with van der Waals surface area (Å²) < 4.78 is 10.8. The van der Waals surface area contributed by atoms with Crippen molar-refractivity contribution in [3.05, 3.63) is 45.6 Å². The van der Waals surface area contributed by atoms with Crippen molar-refractivity contribution in [2.45, 2.75) is 29.9 Å². The fourth-order valence-corrected chi connectivity index (χ4v) is 5.99. The van der Waals surface area contributed by atoms with Gasteiger partial charge in [-0.2, -0.15) is 0 Å². The molecule has 1 fully saturated rings. The number of fused-ring (bicyclic) bond motifs is 2. The molecule has 1 atom stereocenters. The van der Waals surface area contributed by atoms with Gasteiger partial charge in [0.2, 0.25) is 0 Å². The first-order chi connectivity index (χ1) is 13.5. The van der Waals surface area contributed by atoms with Crippen molar-refractivity contribution in [3.63, 3.8) is 0 Å². The van der Waals surface area contributed by atoms with Crippen molar-refractivity contribution in [2.24, 2.45) is 5.92 Å². The van der Waals surface area contributed by atoms with E-state index in [4.69, 9.17) is 9.47 Å². The van der Waals surface area contributed by atoms with Crippen LogP contribution in [0.3, 0.4) is 0 Å². The molecule has 1 unspecified atom stereocenters. The first kappa shape index (κ1) is 19.8. The van der Waals surface area contributed by atoms with Crippen molar-refractivity contribution in [1.29, 1.82) is 0 Å². The molecule has 0 amide bonds. The van der Waals surface area contributed by atoms with E-state index in [1.54, 1.807) is 11.3 Å². The molecule has 0 radical (unpaired) electrons. The fraction of sp³-hybridized carbons (Fsp3) is 0.476. The Bertz CT molecular complexity index is 860. The zero-order chi connectivity index (χ0) is 19.7. The average molecular weight is 420 g/mol. The van der Waals surface area contributed by atoms with Crippen molar-refractivity contribution in [3.8, 4) is 5.75 Å². The predicted molar refractivity (Wildman–Crippen MR) is 111 cm³/mol. The summed E-state index contributed by atoms with van der Waals surface area (Å²) in [5.74, 6) is 0.838. The van der Waals surface area contributed by atoms with Gasteiger partial charge in [0.25, 0.3) is 0 Å². The van der Waals surface area contributed by atoms with Crippen molar-refractivity contribution >= 4 is 29.1 Å². The first-order valence-electron chi connectivity index (χ1n) is 9.47. The molecule has 4 rings (SSSR count). The number of aliphatic hydroxyl groups is 1. The number of benzene rings is 1. The maximum Gasteiger partial charge on any atom is 0.315 e. The summed E-state index contributed by atoms with van der Waals surface area (Å²) in [6.45, 7) is 2.41. The van der Waals surface area contributed by atoms with Crippen LogP contribution in [0.2, 0.25) is 0 Å². The van der Waals surface area contributed by atoms with Crippen LogP contribution < -0.4 is 4.74 Å². The molecule has 7 heteroatoms. The molecule has 2 aliphatic rings. The Kier molecular flexibility index (Phi) is 5.69. The number of nitrogens with zero attached hydrogens (tertiary/aromatic N) is 1. The number of thioether (sulfide) groups is 1. The van der Waals surface area contributed by atoms with Gasteiger partial charge < -0.3 is 19.5 Å². The molecule has 5 nitrogen and oxygen atoms in total. The number of likely N-dealkylation sites (tertiary alicyclic amines) is 1. The minimum Gasteiger partial charge on any atom is -0.488 e. The summed E-state index contributed by atoms with van der Waals surface area (Å²) in [5.41, 5.74) is 0.808. The molecular formula is C21H25NO4S2. The highest BCUT2D eigenvalue weighted by molar-refractivity contribution is 8.00. The molecule has 0 bridgehead atoms. The number of methoxy groups -OCH3 is 1. The molecule has 28 heavy (non-hydrogen) atoms. The van der Waals surface area contributed by atoms with Crippen molar-refractivity contribution in [1.82, 2.24) is 4.90 Å². The molecule has 1 N–H and O–H groups in total. The number of carbonyl (C=O) groups is 1. The van der Waals surface area contributed by atoms with E-state index in [0.717, 1.165) is 52.6 Å². The molecule has 2 aliphatic heterocycles. The Morgan fingerprint density at radius 3 is 2.93 bits per heavy atom. The third-order valence-electron chi connectivity index (χ3n) is 5.73. The maximum absolute atomic E-state index is 12.2. The molecule has 1 saturated heterocycles. The first-order valence-corrected chi connectivity index (χ1v) is 11.3. The molecule has 0 aliphatic carbocycles. The molecule has 2 aromatic rings. The zero-order valence-electron chi connectivity index (χ0n) is 16.1. The number of esters is 1. The van der Waals surface area contributed by atoms with Crippen molar-refractivity contribution < 1.29 is 19.4 Å². The highest BCUT2D eigenvalue weighted by atomic mass is 32.2. The van der Waals surface area contributed by atoms with Crippen LogP contribution in [0.25, 0.3) is 0 Å². The second-order valence-electron chi connectivity index (χ2n) is 7.43. The van der Waals surface area contributed by atoms with Crippen LogP contribution in [0.5, 0.6) is 5.75 Å². The summed E-state index contributed by atoms with van der Waals surface area (Å²) in [6.07, 6.45) is 1.87. The molecular weight excluding hydrogens is 394 g/mol. The minimum absolute atomic E-state index is 0.127. The number of rotatable bonds is 4. The van der Waals surface area contributed by atoms with Gasteiger partial charge in [-0.1, -0.05) is 0 Å². The highest BCUT2D eigenvalue weighted by Crippen LogP contribution is 2.50. The molecule has 1 aromatic heterocycles. The van der Waals surface area contributed by atoms with Gasteiger partial charge in [-0.25, -0.2) is 0 Å². The lowest BCUT2D eigenvalue weighted by Crippen LogP contribution is -2.43. The van der Waals surface area contributed by atoms with E-state index in [1.165, 1.54) is 18.9 Å². The topological polar surface area (TPSA) is 59.0 Å². The summed E-state index contributed by atoms with van der Waals surface area (Å²) in [4.78, 5) is 15.8. The van der Waals surface area contributed by atoms with Crippen LogP contribution in [0.1, 0.15) is 28.8 Å². The standard InChI is InChI=1S/C21H25NO4S2/c1-22-8-5-15(6-9-22)21(24)17-11-16(28-13-19(23)25-2)3-4-18(17)26-12-14-7-10-27-20(14)21/h3-4,7,10-11,15,24H,5-6,8-9,12-13H2,1-2H3. The molecule has 0 spiro atoms. The van der Waals surface area contributed by atoms with E-state index >= 15 is 0 Å². The number of carbonyl (C=O) groups excluding carboxylic acids is 1. The summed E-state index contributed by atoms with van der Waals surface area (Å²) in [6, 6.07) is 7.92. The smallest absolute Gasteiger partial charge is 0.315 e. The lowest BCUT2D eigenvalue weighted by Gasteiger charge is -2.40. The normalized spacial score (nSPS) is 22.7. The van der Waals surface area contributed by atoms with Crippen molar-refractivity contribution in [2.75, 3.05) is 33.0 Å². The Balaban J connectivity index is 1.76. The highest BCUT2D eigenvalue weighted by Gasteiger charge is 2.46. The SMILES string of the molecule is COC(=O)CSc1ccc2c(c1)C(O)(C1CCN(C)CC1)c1sccc1CO2. The van der Waals surface area contributed by atoms with E-state index in [0.29, 0.717) is 6.61 Å². The number of thiophene rings is 1. The van der Waals surface area contributed by atoms with Gasteiger partial charge in [-0.15, -0.1) is 23.1 Å². The van der Waals surface area contributed by atoms with Gasteiger partial charge in [0, 0.05) is 20.9 Å². The van der Waals surface area contributed by atoms with E-state index in [1.807, 2.05) is 23.6 Å².